The second-order valence-electron chi connectivity index (χ2n) is 9.44. The molecule has 1 spiro atoms. The second kappa shape index (κ2) is 4.51. The summed E-state index contributed by atoms with van der Waals surface area (Å²) in [5.41, 5.74) is -1.93. The summed E-state index contributed by atoms with van der Waals surface area (Å²) in [4.78, 5) is 25.1. The molecule has 24 heavy (non-hydrogen) atoms. The monoisotopic (exact) mass is 332 g/mol. The van der Waals surface area contributed by atoms with Crippen LogP contribution in [0.4, 0.5) is 0 Å². The molecule has 0 amide bonds. The first kappa shape index (κ1) is 16.3. The summed E-state index contributed by atoms with van der Waals surface area (Å²) in [6.07, 6.45) is 6.01. The predicted molar refractivity (Wildman–Crippen MR) is 89.3 cm³/mol. The highest BCUT2D eigenvalue weighted by Gasteiger charge is 2.70. The van der Waals surface area contributed by atoms with Gasteiger partial charge in [0.1, 0.15) is 0 Å². The SMILES string of the molecule is C=C1C(=O)[C@@]23CCC4[C@](C)(C(=O)O)CCC[C@@]4(C)[C@@H]2CC[C@@]1(O)C3. The van der Waals surface area contributed by atoms with Gasteiger partial charge < -0.3 is 10.2 Å². The van der Waals surface area contributed by atoms with Gasteiger partial charge in [-0.05, 0) is 69.1 Å². The fraction of sp³-hybridized carbons (Fsp3) is 0.800. The molecule has 4 saturated carbocycles. The van der Waals surface area contributed by atoms with Gasteiger partial charge in [0.15, 0.2) is 5.78 Å². The Labute approximate surface area is 143 Å². The molecule has 4 aliphatic rings. The maximum Gasteiger partial charge on any atom is 0.309 e. The molecule has 2 bridgehead atoms. The highest BCUT2D eigenvalue weighted by atomic mass is 16.4. The third-order valence-corrected chi connectivity index (χ3v) is 8.55. The Hall–Kier alpha value is -1.16. The molecule has 4 aliphatic carbocycles. The third kappa shape index (κ3) is 1.63. The van der Waals surface area contributed by atoms with Crippen molar-refractivity contribution >= 4 is 11.8 Å². The van der Waals surface area contributed by atoms with Gasteiger partial charge in [0, 0.05) is 11.0 Å². The van der Waals surface area contributed by atoms with Crippen molar-refractivity contribution in [2.75, 3.05) is 0 Å². The normalized spacial score (nSPS) is 53.5. The number of Topliss-reactive ketones (excluding diaryl/α,β-unsaturated/α-hetero) is 1. The van der Waals surface area contributed by atoms with E-state index < -0.39 is 22.4 Å². The molecular weight excluding hydrogens is 304 g/mol. The molecule has 132 valence electrons. The minimum atomic E-state index is -1.01. The average molecular weight is 332 g/mol. The lowest BCUT2D eigenvalue weighted by Gasteiger charge is -2.62. The maximum atomic E-state index is 13.1. The zero-order valence-corrected chi connectivity index (χ0v) is 14.7. The van der Waals surface area contributed by atoms with Gasteiger partial charge in [-0.1, -0.05) is 19.9 Å². The van der Waals surface area contributed by atoms with Gasteiger partial charge in [0.25, 0.3) is 0 Å². The number of carboxylic acids is 1. The number of hydrogen-bond acceptors (Lipinski definition) is 3. The van der Waals surface area contributed by atoms with Crippen LogP contribution in [0.3, 0.4) is 0 Å². The molecule has 0 radical (unpaired) electrons. The van der Waals surface area contributed by atoms with Gasteiger partial charge in [0.2, 0.25) is 0 Å². The van der Waals surface area contributed by atoms with Crippen molar-refractivity contribution in [2.24, 2.45) is 28.1 Å². The molecule has 4 heteroatoms. The number of ketones is 1. The lowest BCUT2D eigenvalue weighted by atomic mass is 9.40. The van der Waals surface area contributed by atoms with Crippen LogP contribution in [0.15, 0.2) is 12.2 Å². The molecule has 2 N–H and O–H groups in total. The van der Waals surface area contributed by atoms with E-state index in [4.69, 9.17) is 0 Å². The highest BCUT2D eigenvalue weighted by Crippen LogP contribution is 2.71. The standard InChI is InChI=1S/C20H28O4/c1-12-15(21)19-9-5-13-17(2,7-4-8-18(13,3)16(22)23)14(19)6-10-20(12,24)11-19/h13-14,24H,1,4-11H2,2-3H3,(H,22,23)/t13?,14-,17+,18+,19+,20+/m0/s1. The van der Waals surface area contributed by atoms with Gasteiger partial charge in [0.05, 0.1) is 11.0 Å². The van der Waals surface area contributed by atoms with Crippen LogP contribution in [0.5, 0.6) is 0 Å². The van der Waals surface area contributed by atoms with Crippen molar-refractivity contribution in [3.05, 3.63) is 12.2 Å². The van der Waals surface area contributed by atoms with E-state index in [-0.39, 0.29) is 23.0 Å². The van der Waals surface area contributed by atoms with Crippen molar-refractivity contribution in [2.45, 2.75) is 70.8 Å². The fourth-order valence-corrected chi connectivity index (χ4v) is 7.37. The van der Waals surface area contributed by atoms with E-state index in [1.807, 2.05) is 6.92 Å². The van der Waals surface area contributed by atoms with Crippen LogP contribution < -0.4 is 0 Å². The zero-order valence-electron chi connectivity index (χ0n) is 14.7. The summed E-state index contributed by atoms with van der Waals surface area (Å²) in [6.45, 7) is 8.06. The zero-order chi connectivity index (χ0) is 17.5. The van der Waals surface area contributed by atoms with Crippen LogP contribution in [0, 0.1) is 28.1 Å². The summed E-state index contributed by atoms with van der Waals surface area (Å²) in [6, 6.07) is 0. The molecule has 0 aromatic rings. The topological polar surface area (TPSA) is 74.6 Å². The van der Waals surface area contributed by atoms with Crippen LogP contribution in [-0.2, 0) is 9.59 Å². The van der Waals surface area contributed by atoms with Crippen LogP contribution in [0.25, 0.3) is 0 Å². The Morgan fingerprint density at radius 3 is 2.46 bits per heavy atom. The van der Waals surface area contributed by atoms with Gasteiger partial charge >= 0.3 is 5.97 Å². The molecule has 0 aromatic carbocycles. The maximum absolute atomic E-state index is 13.1. The number of carbonyl (C=O) groups excluding carboxylic acids is 1. The Kier molecular flexibility index (Phi) is 3.07. The van der Waals surface area contributed by atoms with Gasteiger partial charge in [-0.25, -0.2) is 0 Å². The van der Waals surface area contributed by atoms with Crippen LogP contribution >= 0.6 is 0 Å². The number of hydrogen-bond donors (Lipinski definition) is 2. The lowest BCUT2D eigenvalue weighted by Crippen LogP contribution is -2.60. The average Bonchev–Trinajstić information content (AvgIpc) is 2.64. The number of aliphatic hydroxyl groups is 1. The van der Waals surface area contributed by atoms with Gasteiger partial charge in [-0.2, -0.15) is 0 Å². The van der Waals surface area contributed by atoms with Crippen molar-refractivity contribution in [1.29, 1.82) is 0 Å². The highest BCUT2D eigenvalue weighted by molar-refractivity contribution is 6.04. The minimum Gasteiger partial charge on any atom is -0.481 e. The van der Waals surface area contributed by atoms with E-state index in [1.165, 1.54) is 0 Å². The van der Waals surface area contributed by atoms with E-state index in [0.717, 1.165) is 32.1 Å². The number of rotatable bonds is 1. The smallest absolute Gasteiger partial charge is 0.309 e. The summed E-state index contributed by atoms with van der Waals surface area (Å²) >= 11 is 0. The molecule has 0 aliphatic heterocycles. The quantitative estimate of drug-likeness (QED) is 0.722. The molecule has 0 aromatic heterocycles. The van der Waals surface area contributed by atoms with Crippen LogP contribution in [0.2, 0.25) is 0 Å². The van der Waals surface area contributed by atoms with E-state index in [0.29, 0.717) is 24.8 Å². The Morgan fingerprint density at radius 2 is 1.79 bits per heavy atom. The molecular formula is C20H28O4. The Bertz CT molecular complexity index is 654. The second-order valence-corrected chi connectivity index (χ2v) is 9.44. The molecule has 4 rings (SSSR count). The van der Waals surface area contributed by atoms with E-state index in [2.05, 4.69) is 13.5 Å². The lowest BCUT2D eigenvalue weighted by molar-refractivity contribution is -0.187. The first-order chi connectivity index (χ1) is 11.1. The number of fused-ring (bicyclic) bond motifs is 3. The Balaban J connectivity index is 1.80. The number of aliphatic carboxylic acids is 1. The summed E-state index contributed by atoms with van der Waals surface area (Å²) in [5, 5.41) is 20.7. The number of carboxylic acid groups (broad SMARTS) is 1. The Morgan fingerprint density at radius 1 is 1.12 bits per heavy atom. The number of carbonyl (C=O) groups is 2. The van der Waals surface area contributed by atoms with Gasteiger partial charge in [-0.15, -0.1) is 0 Å². The molecule has 0 saturated heterocycles. The summed E-state index contributed by atoms with van der Waals surface area (Å²) < 4.78 is 0. The molecule has 6 atom stereocenters. The van der Waals surface area contributed by atoms with Crippen molar-refractivity contribution < 1.29 is 19.8 Å². The van der Waals surface area contributed by atoms with Crippen molar-refractivity contribution in [1.82, 2.24) is 0 Å². The summed E-state index contributed by atoms with van der Waals surface area (Å²) in [5.74, 6) is -0.340. The molecule has 1 unspecified atom stereocenters. The molecule has 4 fully saturated rings. The van der Waals surface area contributed by atoms with Crippen molar-refractivity contribution in [3.63, 3.8) is 0 Å². The predicted octanol–water partition coefficient (Wildman–Crippen LogP) is 3.33. The van der Waals surface area contributed by atoms with E-state index >= 15 is 0 Å². The van der Waals surface area contributed by atoms with Crippen LogP contribution in [-0.4, -0.2) is 27.6 Å². The first-order valence-corrected chi connectivity index (χ1v) is 9.30. The third-order valence-electron chi connectivity index (χ3n) is 8.55. The van der Waals surface area contributed by atoms with Crippen molar-refractivity contribution in [3.8, 4) is 0 Å². The fourth-order valence-electron chi connectivity index (χ4n) is 7.37. The van der Waals surface area contributed by atoms with E-state index in [9.17, 15) is 19.8 Å². The molecule has 4 nitrogen and oxygen atoms in total. The largest absolute Gasteiger partial charge is 0.481 e. The first-order valence-electron chi connectivity index (χ1n) is 9.30. The van der Waals surface area contributed by atoms with E-state index in [1.54, 1.807) is 0 Å². The summed E-state index contributed by atoms with van der Waals surface area (Å²) in [7, 11) is 0. The minimum absolute atomic E-state index is 0.0646. The molecule has 0 heterocycles. The van der Waals surface area contributed by atoms with Gasteiger partial charge in [-0.3, -0.25) is 9.59 Å². The van der Waals surface area contributed by atoms with Crippen LogP contribution in [0.1, 0.15) is 65.2 Å².